The van der Waals surface area contributed by atoms with E-state index in [2.05, 4.69) is 0 Å². The molecular formula is C38H48N2O16S4. The van der Waals surface area contributed by atoms with E-state index in [9.17, 15) is 45.4 Å². The molecule has 0 unspecified atom stereocenters. The van der Waals surface area contributed by atoms with Crippen LogP contribution in [-0.2, 0) is 52.3 Å². The zero-order chi connectivity index (χ0) is 46.0. The van der Waals surface area contributed by atoms with Crippen molar-refractivity contribution in [2.75, 3.05) is 29.5 Å². The van der Waals surface area contributed by atoms with E-state index in [0.717, 1.165) is 11.3 Å². The van der Waals surface area contributed by atoms with Gasteiger partial charge in [-0.05, 0) is 69.0 Å². The maximum atomic E-state index is 13.6. The number of Topliss-reactive ketones (excluding diaryl/α,β-unsaturated/α-hetero) is 2. The lowest BCUT2D eigenvalue weighted by Gasteiger charge is -2.27. The predicted molar refractivity (Wildman–Crippen MR) is 218 cm³/mol. The SMILES string of the molecule is CCCC(=O)c1cc(C(=O)CCC)c2c(c1)N(CCCS(=O)(=O)[O-])C(=CC=CC1=[N+](CCCS(=O)(=O)O)c3ccc(C(=O)O)cc3C1(C)C)C2(C)C.O=S(=O)=O.O=S(=O)=O. The third kappa shape index (κ3) is 13.9. The van der Waals surface area contributed by atoms with Gasteiger partial charge in [-0.25, -0.2) is 13.2 Å². The minimum Gasteiger partial charge on any atom is -0.748 e. The summed E-state index contributed by atoms with van der Waals surface area (Å²) in [6.45, 7) is 11.9. The maximum absolute atomic E-state index is 13.6. The van der Waals surface area contributed by atoms with Crippen LogP contribution in [0, 0.1) is 0 Å². The van der Waals surface area contributed by atoms with E-state index in [1.807, 2.05) is 63.2 Å². The number of hydrogen-bond donors (Lipinski definition) is 2. The Bertz CT molecular complexity index is 2520. The first-order valence-electron chi connectivity index (χ1n) is 18.5. The number of allylic oxidation sites excluding steroid dienone is 4. The summed E-state index contributed by atoms with van der Waals surface area (Å²) in [5, 5.41) is 9.69. The van der Waals surface area contributed by atoms with Crippen molar-refractivity contribution in [2.45, 2.75) is 90.9 Å². The smallest absolute Gasteiger partial charge is 0.425 e. The quantitative estimate of drug-likeness (QED) is 0.128. The average molecular weight is 917 g/mol. The molecule has 4 rings (SSSR count). The highest BCUT2D eigenvalue weighted by Crippen LogP contribution is 2.50. The van der Waals surface area contributed by atoms with Gasteiger partial charge in [0.1, 0.15) is 6.54 Å². The van der Waals surface area contributed by atoms with Gasteiger partial charge < -0.3 is 14.6 Å². The van der Waals surface area contributed by atoms with E-state index >= 15 is 0 Å². The van der Waals surface area contributed by atoms with Crippen LogP contribution >= 0.6 is 0 Å². The second kappa shape index (κ2) is 21.2. The summed E-state index contributed by atoms with van der Waals surface area (Å²) in [5.41, 5.74) is 3.57. The molecule has 2 aromatic carbocycles. The number of rotatable bonds is 17. The fourth-order valence-electron chi connectivity index (χ4n) is 7.33. The van der Waals surface area contributed by atoms with Crippen LogP contribution in [0.1, 0.15) is 122 Å². The molecule has 0 spiro atoms. The van der Waals surface area contributed by atoms with Crippen LogP contribution in [0.4, 0.5) is 11.4 Å². The molecule has 2 N–H and O–H groups in total. The molecule has 22 heteroatoms. The summed E-state index contributed by atoms with van der Waals surface area (Å²) in [5.74, 6) is -2.38. The number of fused-ring (bicyclic) bond motifs is 2. The van der Waals surface area contributed by atoms with Gasteiger partial charge in [-0.15, -0.1) is 25.3 Å². The van der Waals surface area contributed by atoms with E-state index < -0.39 is 69.8 Å². The van der Waals surface area contributed by atoms with Crippen molar-refractivity contribution in [1.82, 2.24) is 0 Å². The second-order valence-electron chi connectivity index (χ2n) is 14.8. The molecular weight excluding hydrogens is 869 g/mol. The zero-order valence-electron chi connectivity index (χ0n) is 33.8. The highest BCUT2D eigenvalue weighted by molar-refractivity contribution is 7.85. The minimum atomic E-state index is -4.51. The molecule has 2 aliphatic rings. The van der Waals surface area contributed by atoms with Crippen molar-refractivity contribution in [3.63, 3.8) is 0 Å². The van der Waals surface area contributed by atoms with Gasteiger partial charge in [-0.2, -0.15) is 13.0 Å². The van der Waals surface area contributed by atoms with Crippen LogP contribution in [0.3, 0.4) is 0 Å². The molecule has 60 heavy (non-hydrogen) atoms. The maximum Gasteiger partial charge on any atom is 0.425 e. The largest absolute Gasteiger partial charge is 0.748 e. The summed E-state index contributed by atoms with van der Waals surface area (Å²) in [6, 6.07) is 8.18. The molecule has 0 saturated heterocycles. The number of ketones is 2. The molecule has 18 nitrogen and oxygen atoms in total. The summed E-state index contributed by atoms with van der Waals surface area (Å²) in [7, 11) is -15.0. The highest BCUT2D eigenvalue weighted by atomic mass is 32.2. The van der Waals surface area contributed by atoms with Gasteiger partial charge in [0.2, 0.25) is 5.69 Å². The lowest BCUT2D eigenvalue weighted by Crippen LogP contribution is -2.29. The second-order valence-corrected chi connectivity index (χ2v) is 18.7. The molecule has 0 radical (unpaired) electrons. The van der Waals surface area contributed by atoms with Crippen molar-refractivity contribution in [1.29, 1.82) is 0 Å². The van der Waals surface area contributed by atoms with Gasteiger partial charge in [0, 0.05) is 77.2 Å². The van der Waals surface area contributed by atoms with Crippen LogP contribution in [-0.4, -0.2) is 109 Å². The van der Waals surface area contributed by atoms with Gasteiger partial charge in [0.15, 0.2) is 17.3 Å². The van der Waals surface area contributed by atoms with Gasteiger partial charge in [0.05, 0.1) is 26.8 Å². The van der Waals surface area contributed by atoms with E-state index in [1.54, 1.807) is 30.3 Å². The van der Waals surface area contributed by atoms with Gasteiger partial charge in [-0.3, -0.25) is 14.1 Å². The molecule has 0 atom stereocenters. The van der Waals surface area contributed by atoms with Crippen molar-refractivity contribution in [3.8, 4) is 0 Å². The number of anilines is 1. The van der Waals surface area contributed by atoms with Crippen LogP contribution in [0.25, 0.3) is 0 Å². The number of nitrogens with zero attached hydrogens (tertiary/aromatic N) is 2. The minimum absolute atomic E-state index is 0.000943. The van der Waals surface area contributed by atoms with Crippen molar-refractivity contribution in [2.24, 2.45) is 0 Å². The summed E-state index contributed by atoms with van der Waals surface area (Å²) in [6.07, 6.45) is 7.36. The zero-order valence-corrected chi connectivity index (χ0v) is 37.1. The Morgan fingerprint density at radius 1 is 0.817 bits per heavy atom. The van der Waals surface area contributed by atoms with Crippen molar-refractivity contribution < 1.29 is 75.3 Å². The molecule has 330 valence electrons. The first kappa shape index (κ1) is 51.4. The average Bonchev–Trinajstić information content (AvgIpc) is 3.44. The standard InChI is InChI=1S/C38H48N2O10S2.2O3S/c1-7-12-31(41)26-22-27(32(42)13-8-2)35-30(24-26)40(19-11-21-52(48,49)50)34(38(35,5)6)15-9-14-33-37(3,4)28-23-25(36(43)44)16-17-29(28)39(33)18-10-20-51(45,46)47;2*1-4(2)3/h9,14-17,22-24H,7-8,10-13,18-21H2,1-6H3,(H2-,43,44,45,46,47,48,49,50);;. The number of carboxylic acids is 1. The lowest BCUT2D eigenvalue weighted by molar-refractivity contribution is -0.437. The third-order valence-electron chi connectivity index (χ3n) is 9.75. The Kier molecular flexibility index (Phi) is 18.1. The molecule has 0 amide bonds. The van der Waals surface area contributed by atoms with Crippen molar-refractivity contribution >= 4 is 76.1 Å². The first-order valence-corrected chi connectivity index (χ1v) is 23.7. The fraction of sp³-hybridized carbons (Fsp3) is 0.474. The van der Waals surface area contributed by atoms with Crippen molar-refractivity contribution in [3.05, 3.63) is 82.1 Å². The molecule has 0 aliphatic carbocycles. The van der Waals surface area contributed by atoms with Crippen LogP contribution in [0.15, 0.2) is 54.3 Å². The third-order valence-corrected chi connectivity index (χ3v) is 11.3. The Morgan fingerprint density at radius 3 is 1.90 bits per heavy atom. The monoisotopic (exact) mass is 916 g/mol. The molecule has 2 heterocycles. The number of aromatic carboxylic acids is 1. The van der Waals surface area contributed by atoms with Crippen LogP contribution in [0.5, 0.6) is 0 Å². The van der Waals surface area contributed by atoms with Crippen LogP contribution < -0.4 is 4.90 Å². The van der Waals surface area contributed by atoms with E-state index in [-0.39, 0.29) is 55.9 Å². The lowest BCUT2D eigenvalue weighted by atomic mass is 9.78. The number of hydrogen-bond acceptors (Lipinski definition) is 15. The van der Waals surface area contributed by atoms with Gasteiger partial charge in [-0.1, -0.05) is 33.8 Å². The Balaban J connectivity index is 0.00000142. The summed E-state index contributed by atoms with van der Waals surface area (Å²) in [4.78, 5) is 40.5. The van der Waals surface area contributed by atoms with Crippen LogP contribution in [0.2, 0.25) is 0 Å². The normalized spacial score (nSPS) is 15.7. The molecule has 0 fully saturated rings. The van der Waals surface area contributed by atoms with E-state index in [0.29, 0.717) is 46.6 Å². The van der Waals surface area contributed by atoms with E-state index in [1.165, 1.54) is 6.07 Å². The van der Waals surface area contributed by atoms with Gasteiger partial charge >= 0.3 is 27.2 Å². The number of carboxylic acid groups (broad SMARTS) is 1. The Hall–Kier alpha value is -4.74. The van der Waals surface area contributed by atoms with Gasteiger partial charge in [0.25, 0.3) is 10.1 Å². The predicted octanol–water partition coefficient (Wildman–Crippen LogP) is 4.17. The number of carbonyl (C=O) groups is 3. The molecule has 2 aromatic rings. The number of carbonyl (C=O) groups excluding carboxylic acids is 2. The Morgan fingerprint density at radius 2 is 1.38 bits per heavy atom. The summed E-state index contributed by atoms with van der Waals surface area (Å²) >= 11 is 0. The highest BCUT2D eigenvalue weighted by Gasteiger charge is 2.46. The summed E-state index contributed by atoms with van der Waals surface area (Å²) < 4.78 is 120. The first-order chi connectivity index (χ1) is 27.6. The Labute approximate surface area is 352 Å². The molecule has 0 saturated carbocycles. The molecule has 0 bridgehead atoms. The molecule has 2 aliphatic heterocycles. The fourth-order valence-corrected chi connectivity index (χ4v) is 8.31. The topological polar surface area (TPSA) is 292 Å². The molecule has 0 aromatic heterocycles. The van der Waals surface area contributed by atoms with E-state index in [4.69, 9.17) is 25.3 Å². The number of benzene rings is 2.